The van der Waals surface area contributed by atoms with Crippen LogP contribution < -0.4 is 0 Å². The summed E-state index contributed by atoms with van der Waals surface area (Å²) in [5.41, 5.74) is 1.71. The Bertz CT molecular complexity index is 522. The van der Waals surface area contributed by atoms with Crippen molar-refractivity contribution >= 4 is 17.3 Å². The van der Waals surface area contributed by atoms with E-state index in [9.17, 15) is 9.90 Å². The summed E-state index contributed by atoms with van der Waals surface area (Å²) in [7, 11) is 0. The Morgan fingerprint density at radius 3 is 2.72 bits per heavy atom. The molecule has 1 heterocycles. The standard InChI is InChI=1S/C14H15NO2S/c1-2-6-11(14(16)17)12-9-18-13(15-12)10-7-4-3-5-8-10/h3-5,7-9,11H,2,6H2,1H3,(H,16,17). The van der Waals surface area contributed by atoms with E-state index < -0.39 is 11.9 Å². The van der Waals surface area contributed by atoms with Gasteiger partial charge in [0.15, 0.2) is 0 Å². The molecule has 2 aromatic rings. The zero-order valence-electron chi connectivity index (χ0n) is 10.2. The predicted octanol–water partition coefficient (Wildman–Crippen LogP) is 3.78. The lowest BCUT2D eigenvalue weighted by molar-refractivity contribution is -0.139. The Hall–Kier alpha value is -1.68. The highest BCUT2D eigenvalue weighted by Crippen LogP contribution is 2.29. The van der Waals surface area contributed by atoms with Crippen LogP contribution in [-0.4, -0.2) is 16.1 Å². The van der Waals surface area contributed by atoms with Crippen molar-refractivity contribution < 1.29 is 9.90 Å². The van der Waals surface area contributed by atoms with Crippen molar-refractivity contribution in [3.8, 4) is 10.6 Å². The summed E-state index contributed by atoms with van der Waals surface area (Å²) in [5, 5.41) is 11.9. The lowest BCUT2D eigenvalue weighted by Crippen LogP contribution is -2.11. The van der Waals surface area contributed by atoms with Crippen LogP contribution in [0.15, 0.2) is 35.7 Å². The minimum Gasteiger partial charge on any atom is -0.481 e. The number of nitrogens with zero attached hydrogens (tertiary/aromatic N) is 1. The van der Waals surface area contributed by atoms with Crippen molar-refractivity contribution in [2.75, 3.05) is 0 Å². The first kappa shape index (κ1) is 12.8. The molecule has 0 bridgehead atoms. The van der Waals surface area contributed by atoms with Crippen molar-refractivity contribution in [1.29, 1.82) is 0 Å². The van der Waals surface area contributed by atoms with Gasteiger partial charge in [0.25, 0.3) is 0 Å². The summed E-state index contributed by atoms with van der Waals surface area (Å²) in [6, 6.07) is 9.83. The molecule has 0 radical (unpaired) electrons. The van der Waals surface area contributed by atoms with E-state index in [2.05, 4.69) is 4.98 Å². The van der Waals surface area contributed by atoms with Crippen molar-refractivity contribution in [3.63, 3.8) is 0 Å². The Morgan fingerprint density at radius 1 is 1.39 bits per heavy atom. The zero-order valence-corrected chi connectivity index (χ0v) is 11.0. The smallest absolute Gasteiger partial charge is 0.312 e. The fraction of sp³-hybridized carbons (Fsp3) is 0.286. The first-order chi connectivity index (χ1) is 8.72. The monoisotopic (exact) mass is 261 g/mol. The third kappa shape index (κ3) is 2.76. The van der Waals surface area contributed by atoms with Gasteiger partial charge in [-0.05, 0) is 6.42 Å². The summed E-state index contributed by atoms with van der Waals surface area (Å²) in [4.78, 5) is 15.7. The van der Waals surface area contributed by atoms with Crippen LogP contribution >= 0.6 is 11.3 Å². The average molecular weight is 261 g/mol. The van der Waals surface area contributed by atoms with Crippen LogP contribution in [0, 0.1) is 0 Å². The Kier molecular flexibility index (Phi) is 4.10. The van der Waals surface area contributed by atoms with E-state index in [0.29, 0.717) is 12.1 Å². The number of carbonyl (C=O) groups is 1. The quantitative estimate of drug-likeness (QED) is 0.891. The first-order valence-corrected chi connectivity index (χ1v) is 6.84. The molecule has 0 spiro atoms. The maximum Gasteiger partial charge on any atom is 0.312 e. The van der Waals surface area contributed by atoms with Crippen LogP contribution in [0.25, 0.3) is 10.6 Å². The minimum atomic E-state index is -0.790. The number of aromatic nitrogens is 1. The van der Waals surface area contributed by atoms with E-state index in [1.807, 2.05) is 42.6 Å². The van der Waals surface area contributed by atoms with Gasteiger partial charge in [0.1, 0.15) is 5.01 Å². The Labute approximate surface area is 110 Å². The van der Waals surface area contributed by atoms with Crippen LogP contribution in [0.2, 0.25) is 0 Å². The van der Waals surface area contributed by atoms with E-state index in [-0.39, 0.29) is 0 Å². The molecule has 0 saturated carbocycles. The molecule has 1 atom stereocenters. The molecule has 1 aromatic carbocycles. The maximum absolute atomic E-state index is 11.2. The second-order valence-electron chi connectivity index (χ2n) is 4.12. The van der Waals surface area contributed by atoms with Crippen LogP contribution in [0.5, 0.6) is 0 Å². The van der Waals surface area contributed by atoms with Crippen LogP contribution in [0.3, 0.4) is 0 Å². The van der Waals surface area contributed by atoms with E-state index in [1.165, 1.54) is 11.3 Å². The molecular weight excluding hydrogens is 246 g/mol. The fourth-order valence-electron chi connectivity index (χ4n) is 1.85. The first-order valence-electron chi connectivity index (χ1n) is 5.96. The summed E-state index contributed by atoms with van der Waals surface area (Å²) in [6.45, 7) is 1.99. The summed E-state index contributed by atoms with van der Waals surface area (Å²) >= 11 is 1.50. The minimum absolute atomic E-state index is 0.483. The Morgan fingerprint density at radius 2 is 2.11 bits per heavy atom. The van der Waals surface area contributed by atoms with Crippen molar-refractivity contribution in [1.82, 2.24) is 4.98 Å². The van der Waals surface area contributed by atoms with Crippen molar-refractivity contribution in [2.24, 2.45) is 0 Å². The van der Waals surface area contributed by atoms with E-state index in [1.54, 1.807) is 0 Å². The molecule has 0 amide bonds. The number of hydrogen-bond donors (Lipinski definition) is 1. The summed E-state index contributed by atoms with van der Waals surface area (Å²) < 4.78 is 0. The largest absolute Gasteiger partial charge is 0.481 e. The molecule has 1 unspecified atom stereocenters. The molecule has 1 aromatic heterocycles. The summed E-state index contributed by atoms with van der Waals surface area (Å²) in [6.07, 6.45) is 1.47. The van der Waals surface area contributed by atoms with Crippen LogP contribution in [0.4, 0.5) is 0 Å². The number of hydrogen-bond acceptors (Lipinski definition) is 3. The van der Waals surface area contributed by atoms with Gasteiger partial charge in [-0.3, -0.25) is 4.79 Å². The molecule has 4 heteroatoms. The van der Waals surface area contributed by atoms with Gasteiger partial charge >= 0.3 is 5.97 Å². The van der Waals surface area contributed by atoms with Crippen molar-refractivity contribution in [3.05, 3.63) is 41.4 Å². The third-order valence-electron chi connectivity index (χ3n) is 2.78. The predicted molar refractivity (Wildman–Crippen MR) is 72.8 cm³/mol. The van der Waals surface area contributed by atoms with Gasteiger partial charge in [-0.2, -0.15) is 0 Å². The topological polar surface area (TPSA) is 50.2 Å². The maximum atomic E-state index is 11.2. The molecule has 0 saturated heterocycles. The van der Waals surface area contributed by atoms with Gasteiger partial charge in [0.05, 0.1) is 11.6 Å². The van der Waals surface area contributed by atoms with Gasteiger partial charge in [-0.15, -0.1) is 11.3 Å². The molecule has 2 rings (SSSR count). The lowest BCUT2D eigenvalue weighted by atomic mass is 10.0. The average Bonchev–Trinajstić information content (AvgIpc) is 2.86. The highest BCUT2D eigenvalue weighted by molar-refractivity contribution is 7.13. The zero-order chi connectivity index (χ0) is 13.0. The van der Waals surface area contributed by atoms with Crippen LogP contribution in [0.1, 0.15) is 31.4 Å². The second kappa shape index (κ2) is 5.78. The fourth-order valence-corrected chi connectivity index (χ4v) is 2.73. The van der Waals surface area contributed by atoms with Crippen LogP contribution in [-0.2, 0) is 4.79 Å². The number of thiazole rings is 1. The Balaban J connectivity index is 2.27. The summed E-state index contributed by atoms with van der Waals surface area (Å²) in [5.74, 6) is -1.27. The number of carboxylic acid groups (broad SMARTS) is 1. The molecule has 0 aliphatic carbocycles. The highest BCUT2D eigenvalue weighted by atomic mass is 32.1. The van der Waals surface area contributed by atoms with Gasteiger partial charge in [-0.1, -0.05) is 43.7 Å². The van der Waals surface area contributed by atoms with E-state index in [0.717, 1.165) is 17.0 Å². The molecule has 3 nitrogen and oxygen atoms in total. The molecule has 1 N–H and O–H groups in total. The van der Waals surface area contributed by atoms with Gasteiger partial charge in [0.2, 0.25) is 0 Å². The normalized spacial score (nSPS) is 12.3. The molecule has 0 aliphatic heterocycles. The van der Waals surface area contributed by atoms with E-state index >= 15 is 0 Å². The molecule has 0 fully saturated rings. The van der Waals surface area contributed by atoms with Crippen molar-refractivity contribution in [2.45, 2.75) is 25.7 Å². The number of benzene rings is 1. The molecular formula is C14H15NO2S. The molecule has 94 valence electrons. The van der Waals surface area contributed by atoms with Gasteiger partial charge < -0.3 is 5.11 Å². The van der Waals surface area contributed by atoms with E-state index in [4.69, 9.17) is 0 Å². The third-order valence-corrected chi connectivity index (χ3v) is 3.68. The number of aliphatic carboxylic acids is 1. The van der Waals surface area contributed by atoms with Gasteiger partial charge in [0, 0.05) is 10.9 Å². The molecule has 18 heavy (non-hydrogen) atoms. The lowest BCUT2D eigenvalue weighted by Gasteiger charge is -2.07. The molecule has 0 aliphatic rings. The highest BCUT2D eigenvalue weighted by Gasteiger charge is 2.21. The SMILES string of the molecule is CCCC(C(=O)O)c1csc(-c2ccccc2)n1. The van der Waals surface area contributed by atoms with Gasteiger partial charge in [-0.25, -0.2) is 4.98 Å². The number of carboxylic acids is 1. The number of rotatable bonds is 5. The second-order valence-corrected chi connectivity index (χ2v) is 4.98.